The summed E-state index contributed by atoms with van der Waals surface area (Å²) in [5, 5.41) is 30.9. The SMILES string of the molecule is COc1ccc(C(=O)O)c(Oc2cc([N+](=O)[O-])cc([N+](=O)[O-])c2)c1. The predicted octanol–water partition coefficient (Wildman–Crippen LogP) is 3.00. The molecule has 2 aromatic rings. The number of carbonyl (C=O) groups is 1. The second-order valence-corrected chi connectivity index (χ2v) is 4.47. The number of carboxylic acids is 1. The molecule has 10 nitrogen and oxygen atoms in total. The molecule has 124 valence electrons. The molecule has 24 heavy (non-hydrogen) atoms. The summed E-state index contributed by atoms with van der Waals surface area (Å²) < 4.78 is 10.3. The van der Waals surface area contributed by atoms with Crippen LogP contribution in [0.3, 0.4) is 0 Å². The minimum atomic E-state index is -1.30. The molecule has 0 radical (unpaired) electrons. The number of ether oxygens (including phenoxy) is 2. The van der Waals surface area contributed by atoms with Crippen LogP contribution in [0.2, 0.25) is 0 Å². The van der Waals surface area contributed by atoms with Gasteiger partial charge in [-0.05, 0) is 12.1 Å². The summed E-state index contributed by atoms with van der Waals surface area (Å²) in [6.07, 6.45) is 0. The lowest BCUT2D eigenvalue weighted by Gasteiger charge is -2.10. The molecular weight excluding hydrogens is 324 g/mol. The van der Waals surface area contributed by atoms with Crippen LogP contribution in [0.25, 0.3) is 0 Å². The van der Waals surface area contributed by atoms with Crippen LogP contribution in [0.5, 0.6) is 17.2 Å². The largest absolute Gasteiger partial charge is 0.497 e. The first-order valence-corrected chi connectivity index (χ1v) is 6.35. The van der Waals surface area contributed by atoms with Crippen molar-refractivity contribution >= 4 is 17.3 Å². The molecule has 0 fully saturated rings. The number of hydrogen-bond donors (Lipinski definition) is 1. The Bertz CT molecular complexity index is 801. The average molecular weight is 334 g/mol. The third-order valence-electron chi connectivity index (χ3n) is 2.94. The third kappa shape index (κ3) is 3.55. The molecule has 2 aromatic carbocycles. The molecule has 0 saturated carbocycles. The van der Waals surface area contributed by atoms with E-state index >= 15 is 0 Å². The van der Waals surface area contributed by atoms with Crippen molar-refractivity contribution in [3.05, 3.63) is 62.2 Å². The van der Waals surface area contributed by atoms with Crippen LogP contribution in [0.4, 0.5) is 11.4 Å². The zero-order valence-electron chi connectivity index (χ0n) is 12.2. The Morgan fingerprint density at radius 1 is 1.00 bits per heavy atom. The van der Waals surface area contributed by atoms with Gasteiger partial charge in [-0.25, -0.2) is 4.79 Å². The lowest BCUT2D eigenvalue weighted by Crippen LogP contribution is -2.01. The van der Waals surface area contributed by atoms with Gasteiger partial charge in [0.15, 0.2) is 0 Å². The van der Waals surface area contributed by atoms with E-state index < -0.39 is 27.2 Å². The van der Waals surface area contributed by atoms with Crippen molar-refractivity contribution in [3.63, 3.8) is 0 Å². The van der Waals surface area contributed by atoms with Gasteiger partial charge >= 0.3 is 5.97 Å². The van der Waals surface area contributed by atoms with Crippen molar-refractivity contribution in [2.45, 2.75) is 0 Å². The first kappa shape index (κ1) is 16.7. The molecule has 0 amide bonds. The van der Waals surface area contributed by atoms with Gasteiger partial charge in [-0.3, -0.25) is 20.2 Å². The van der Waals surface area contributed by atoms with E-state index in [1.165, 1.54) is 25.3 Å². The van der Waals surface area contributed by atoms with E-state index in [9.17, 15) is 25.0 Å². The van der Waals surface area contributed by atoms with Crippen molar-refractivity contribution in [3.8, 4) is 17.2 Å². The smallest absolute Gasteiger partial charge is 0.339 e. The molecule has 0 unspecified atom stereocenters. The minimum Gasteiger partial charge on any atom is -0.497 e. The maximum absolute atomic E-state index is 11.2. The summed E-state index contributed by atoms with van der Waals surface area (Å²) >= 11 is 0. The Kier molecular flexibility index (Phi) is 4.59. The molecule has 0 atom stereocenters. The molecule has 0 aromatic heterocycles. The number of benzene rings is 2. The Morgan fingerprint density at radius 3 is 2.04 bits per heavy atom. The quantitative estimate of drug-likeness (QED) is 0.627. The van der Waals surface area contributed by atoms with Crippen molar-refractivity contribution in [2.24, 2.45) is 0 Å². The van der Waals surface area contributed by atoms with E-state index in [1.807, 2.05) is 0 Å². The lowest BCUT2D eigenvalue weighted by molar-refractivity contribution is -0.394. The molecule has 0 saturated heterocycles. The Hall–Kier alpha value is -3.69. The number of aromatic carboxylic acids is 1. The predicted molar refractivity (Wildman–Crippen MR) is 79.8 cm³/mol. The Labute approximate surface area is 134 Å². The van der Waals surface area contributed by atoms with Crippen LogP contribution in [0, 0.1) is 20.2 Å². The molecule has 10 heteroatoms. The highest BCUT2D eigenvalue weighted by atomic mass is 16.6. The first-order chi connectivity index (χ1) is 11.3. The van der Waals surface area contributed by atoms with E-state index in [2.05, 4.69) is 0 Å². The highest BCUT2D eigenvalue weighted by Crippen LogP contribution is 2.34. The average Bonchev–Trinajstić information content (AvgIpc) is 2.54. The Morgan fingerprint density at radius 2 is 1.58 bits per heavy atom. The van der Waals surface area contributed by atoms with Crippen LogP contribution in [-0.2, 0) is 0 Å². The number of hydrogen-bond acceptors (Lipinski definition) is 7. The van der Waals surface area contributed by atoms with Crippen molar-refractivity contribution < 1.29 is 29.2 Å². The highest BCUT2D eigenvalue weighted by Gasteiger charge is 2.19. The van der Waals surface area contributed by atoms with E-state index in [4.69, 9.17) is 14.6 Å². The van der Waals surface area contributed by atoms with E-state index in [0.717, 1.165) is 18.2 Å². The van der Waals surface area contributed by atoms with Crippen molar-refractivity contribution in [1.82, 2.24) is 0 Å². The van der Waals surface area contributed by atoms with Crippen molar-refractivity contribution in [1.29, 1.82) is 0 Å². The number of nitro groups is 2. The minimum absolute atomic E-state index is 0.170. The lowest BCUT2D eigenvalue weighted by atomic mass is 10.2. The summed E-state index contributed by atoms with van der Waals surface area (Å²) in [6, 6.07) is 6.56. The molecular formula is C14H10N2O8. The van der Waals surface area contributed by atoms with Crippen molar-refractivity contribution in [2.75, 3.05) is 7.11 Å². The van der Waals surface area contributed by atoms with Crippen LogP contribution >= 0.6 is 0 Å². The summed E-state index contributed by atoms with van der Waals surface area (Å²) in [6.45, 7) is 0. The molecule has 0 aliphatic heterocycles. The van der Waals surface area contributed by atoms with Gasteiger partial charge in [0.05, 0.1) is 35.2 Å². The number of nitro benzene ring substituents is 2. The standard InChI is InChI=1S/C14H10N2O8/c1-23-10-2-3-12(14(17)18)13(7-10)24-11-5-8(15(19)20)4-9(6-11)16(21)22/h2-7H,1H3,(H,17,18). The summed E-state index contributed by atoms with van der Waals surface area (Å²) in [5.41, 5.74) is -1.34. The van der Waals surface area contributed by atoms with Gasteiger partial charge in [-0.1, -0.05) is 0 Å². The number of non-ortho nitro benzene ring substituents is 2. The topological polar surface area (TPSA) is 142 Å². The molecule has 0 aliphatic rings. The van der Waals surface area contributed by atoms with Crippen LogP contribution < -0.4 is 9.47 Å². The fourth-order valence-corrected chi connectivity index (χ4v) is 1.86. The van der Waals surface area contributed by atoms with Gasteiger partial charge in [0.1, 0.15) is 22.8 Å². The van der Waals surface area contributed by atoms with Gasteiger partial charge in [-0.15, -0.1) is 0 Å². The van der Waals surface area contributed by atoms with Gasteiger partial charge < -0.3 is 14.6 Å². The molecule has 0 heterocycles. The highest BCUT2D eigenvalue weighted by molar-refractivity contribution is 5.91. The van der Waals surface area contributed by atoms with Gasteiger partial charge in [0.2, 0.25) is 0 Å². The maximum Gasteiger partial charge on any atom is 0.339 e. The normalized spacial score (nSPS) is 10.0. The second kappa shape index (κ2) is 6.60. The number of methoxy groups -OCH3 is 1. The summed E-state index contributed by atoms with van der Waals surface area (Å²) in [5.74, 6) is -1.43. The molecule has 2 rings (SSSR count). The summed E-state index contributed by atoms with van der Waals surface area (Å²) in [7, 11) is 1.36. The van der Waals surface area contributed by atoms with Crippen LogP contribution in [0.15, 0.2) is 36.4 Å². The van der Waals surface area contributed by atoms with Gasteiger partial charge in [0.25, 0.3) is 11.4 Å². The first-order valence-electron chi connectivity index (χ1n) is 6.35. The Balaban J connectivity index is 2.52. The van der Waals surface area contributed by atoms with E-state index in [0.29, 0.717) is 0 Å². The fraction of sp³-hybridized carbons (Fsp3) is 0.0714. The fourth-order valence-electron chi connectivity index (χ4n) is 1.86. The molecule has 1 N–H and O–H groups in total. The molecule has 0 bridgehead atoms. The van der Waals surface area contributed by atoms with E-state index in [-0.39, 0.29) is 22.8 Å². The maximum atomic E-state index is 11.2. The van der Waals surface area contributed by atoms with E-state index in [1.54, 1.807) is 0 Å². The van der Waals surface area contributed by atoms with Gasteiger partial charge in [0, 0.05) is 6.07 Å². The monoisotopic (exact) mass is 334 g/mol. The number of nitrogens with zero attached hydrogens (tertiary/aromatic N) is 2. The number of rotatable bonds is 6. The van der Waals surface area contributed by atoms with Gasteiger partial charge in [-0.2, -0.15) is 0 Å². The zero-order valence-corrected chi connectivity index (χ0v) is 12.2. The zero-order chi connectivity index (χ0) is 17.9. The number of carboxylic acid groups (broad SMARTS) is 1. The summed E-state index contributed by atoms with van der Waals surface area (Å²) in [4.78, 5) is 31.3. The third-order valence-corrected chi connectivity index (χ3v) is 2.94. The van der Waals surface area contributed by atoms with Crippen LogP contribution in [-0.4, -0.2) is 28.0 Å². The molecule has 0 spiro atoms. The van der Waals surface area contributed by atoms with Crippen LogP contribution in [0.1, 0.15) is 10.4 Å². The molecule has 0 aliphatic carbocycles. The second-order valence-electron chi connectivity index (χ2n) is 4.47.